The Kier molecular flexibility index (Phi) is 5.04. The molecule has 0 saturated heterocycles. The molecule has 35 heavy (non-hydrogen) atoms. The predicted molar refractivity (Wildman–Crippen MR) is 134 cm³/mol. The van der Waals surface area contributed by atoms with Crippen LogP contribution < -0.4 is 0 Å². The van der Waals surface area contributed by atoms with Crippen molar-refractivity contribution in [1.29, 1.82) is 0 Å². The highest BCUT2D eigenvalue weighted by molar-refractivity contribution is 9.10. The summed E-state index contributed by atoms with van der Waals surface area (Å²) < 4.78 is 6.68. The molecule has 1 unspecified atom stereocenters. The van der Waals surface area contributed by atoms with Crippen LogP contribution in [0, 0.1) is 0 Å². The van der Waals surface area contributed by atoms with Gasteiger partial charge in [0, 0.05) is 51.5 Å². The van der Waals surface area contributed by atoms with Crippen molar-refractivity contribution in [3.8, 4) is 0 Å². The van der Waals surface area contributed by atoms with Crippen molar-refractivity contribution < 1.29 is 19.1 Å². The van der Waals surface area contributed by atoms with E-state index in [2.05, 4.69) is 25.9 Å². The van der Waals surface area contributed by atoms with E-state index in [4.69, 9.17) is 4.42 Å². The normalized spacial score (nSPS) is 16.1. The number of benzene rings is 2. The Balaban J connectivity index is 1.50. The Labute approximate surface area is 207 Å². The molecule has 8 heteroatoms. The summed E-state index contributed by atoms with van der Waals surface area (Å²) in [5.74, 6) is -1.65. The van der Waals surface area contributed by atoms with Gasteiger partial charge in [-0.1, -0.05) is 34.1 Å². The summed E-state index contributed by atoms with van der Waals surface area (Å²) in [5, 5.41) is 12.6. The Morgan fingerprint density at radius 1 is 1.11 bits per heavy atom. The molecule has 3 aromatic heterocycles. The van der Waals surface area contributed by atoms with Crippen LogP contribution in [0.2, 0.25) is 0 Å². The third-order valence-electron chi connectivity index (χ3n) is 6.27. The molecule has 2 aromatic carbocycles. The number of furan rings is 1. The summed E-state index contributed by atoms with van der Waals surface area (Å²) >= 11 is 3.43. The summed E-state index contributed by atoms with van der Waals surface area (Å²) in [6.07, 6.45) is 5.06. The lowest BCUT2D eigenvalue weighted by atomic mass is 9.94. The maximum absolute atomic E-state index is 13.8. The first-order valence-electron chi connectivity index (χ1n) is 10.9. The van der Waals surface area contributed by atoms with Crippen LogP contribution in [0.4, 0.5) is 0 Å². The van der Waals surface area contributed by atoms with Gasteiger partial charge in [0.1, 0.15) is 5.58 Å². The largest absolute Gasteiger partial charge is 0.503 e. The zero-order valence-corrected chi connectivity index (χ0v) is 19.8. The Morgan fingerprint density at radius 3 is 2.74 bits per heavy atom. The molecular weight excluding hydrogens is 510 g/mol. The molecule has 0 saturated carbocycles. The number of para-hydroxylation sites is 1. The quantitative estimate of drug-likeness (QED) is 0.279. The number of pyridine rings is 1. The lowest BCUT2D eigenvalue weighted by Crippen LogP contribution is -2.30. The van der Waals surface area contributed by atoms with E-state index >= 15 is 0 Å². The van der Waals surface area contributed by atoms with Crippen molar-refractivity contribution in [2.75, 3.05) is 0 Å². The average Bonchev–Trinajstić information content (AvgIpc) is 3.55. The fourth-order valence-corrected chi connectivity index (χ4v) is 5.01. The van der Waals surface area contributed by atoms with Crippen LogP contribution in [0.5, 0.6) is 0 Å². The van der Waals surface area contributed by atoms with E-state index in [1.807, 2.05) is 36.4 Å². The van der Waals surface area contributed by atoms with Crippen LogP contribution in [0.25, 0.3) is 21.9 Å². The summed E-state index contributed by atoms with van der Waals surface area (Å²) in [4.78, 5) is 35.8. The fourth-order valence-electron chi connectivity index (χ4n) is 4.64. The monoisotopic (exact) mass is 527 g/mol. The summed E-state index contributed by atoms with van der Waals surface area (Å²) in [5.41, 5.74) is 2.94. The smallest absolute Gasteiger partial charge is 0.290 e. The van der Waals surface area contributed by atoms with E-state index < -0.39 is 23.5 Å². The Morgan fingerprint density at radius 2 is 1.91 bits per heavy atom. The number of H-pyrrole nitrogens is 1. The first-order valence-corrected chi connectivity index (χ1v) is 11.7. The van der Waals surface area contributed by atoms with Crippen molar-refractivity contribution in [3.63, 3.8) is 0 Å². The number of aromatic amines is 1. The van der Waals surface area contributed by atoms with Gasteiger partial charge in [0.15, 0.2) is 11.5 Å². The van der Waals surface area contributed by atoms with Crippen molar-refractivity contribution in [2.45, 2.75) is 12.6 Å². The maximum Gasteiger partial charge on any atom is 0.290 e. The summed E-state index contributed by atoms with van der Waals surface area (Å²) in [6, 6.07) is 17.5. The molecule has 0 fully saturated rings. The van der Waals surface area contributed by atoms with Crippen molar-refractivity contribution in [1.82, 2.24) is 14.9 Å². The lowest BCUT2D eigenvalue weighted by Gasteiger charge is -2.26. The van der Waals surface area contributed by atoms with Gasteiger partial charge < -0.3 is 19.4 Å². The second kappa shape index (κ2) is 8.25. The van der Waals surface area contributed by atoms with Gasteiger partial charge in [0.25, 0.3) is 5.91 Å². The van der Waals surface area contributed by atoms with E-state index in [0.29, 0.717) is 11.1 Å². The highest BCUT2D eigenvalue weighted by Crippen LogP contribution is 2.42. The Hall–Kier alpha value is -4.17. The van der Waals surface area contributed by atoms with Crippen LogP contribution >= 0.6 is 15.9 Å². The highest BCUT2D eigenvalue weighted by atomic mass is 79.9. The molecule has 6 rings (SSSR count). The van der Waals surface area contributed by atoms with E-state index in [9.17, 15) is 14.7 Å². The molecule has 7 nitrogen and oxygen atoms in total. The molecule has 1 atom stereocenters. The zero-order chi connectivity index (χ0) is 24.1. The van der Waals surface area contributed by atoms with Crippen molar-refractivity contribution >= 4 is 49.5 Å². The summed E-state index contributed by atoms with van der Waals surface area (Å²) in [7, 11) is 0. The van der Waals surface area contributed by atoms with Gasteiger partial charge in [0.05, 0.1) is 11.6 Å². The number of rotatable bonds is 5. The number of nitrogens with one attached hydrogen (secondary N) is 1. The molecular formula is C27H18BrN3O4. The minimum Gasteiger partial charge on any atom is -0.503 e. The number of amides is 1. The van der Waals surface area contributed by atoms with E-state index in [1.165, 1.54) is 4.90 Å². The maximum atomic E-state index is 13.8. The predicted octanol–water partition coefficient (Wildman–Crippen LogP) is 5.85. The Bertz CT molecular complexity index is 1650. The number of Topliss-reactive ketones (excluding diaryl/α,β-unsaturated/α-hetero) is 1. The number of aliphatic hydroxyl groups excluding tert-OH is 1. The number of nitrogens with zero attached hydrogens (tertiary/aromatic N) is 2. The number of aliphatic hydroxyl groups is 1. The first kappa shape index (κ1) is 21.4. The van der Waals surface area contributed by atoms with Crippen LogP contribution in [0.1, 0.15) is 27.7 Å². The molecule has 2 N–H and O–H groups in total. The van der Waals surface area contributed by atoms with Crippen LogP contribution in [-0.2, 0) is 11.3 Å². The summed E-state index contributed by atoms with van der Waals surface area (Å²) in [6.45, 7) is 0.194. The van der Waals surface area contributed by atoms with Crippen LogP contribution in [0.3, 0.4) is 0 Å². The molecule has 1 aliphatic rings. The second-order valence-corrected chi connectivity index (χ2v) is 9.28. The van der Waals surface area contributed by atoms with Crippen LogP contribution in [-0.4, -0.2) is 31.7 Å². The fraction of sp³-hybridized carbons (Fsp3) is 0.0741. The average molecular weight is 528 g/mol. The number of ketones is 1. The molecule has 1 amide bonds. The number of halogens is 1. The molecule has 0 bridgehead atoms. The standard InChI is InChI=1S/C27H18BrN3O4/c28-17-5-6-21-16(11-17)12-22(35-21)25(32)23-24(19-13-30-20-4-2-1-3-18(19)20)31(27(34)26(23)33)14-15-7-9-29-10-8-15/h1-13,24,30,33H,14H2. The van der Waals surface area contributed by atoms with Gasteiger partial charge in [-0.15, -0.1) is 0 Å². The number of hydrogen-bond acceptors (Lipinski definition) is 5. The number of carbonyl (C=O) groups is 2. The topological polar surface area (TPSA) is 99.4 Å². The van der Waals surface area contributed by atoms with Crippen molar-refractivity contribution in [3.05, 3.63) is 112 Å². The van der Waals surface area contributed by atoms with Gasteiger partial charge in [-0.3, -0.25) is 14.6 Å². The number of fused-ring (bicyclic) bond motifs is 2. The third kappa shape index (κ3) is 3.54. The number of carbonyl (C=O) groups excluding carboxylic acids is 2. The van der Waals surface area contributed by atoms with E-state index in [0.717, 1.165) is 26.3 Å². The minimum atomic E-state index is -0.806. The molecule has 0 aliphatic carbocycles. The van der Waals surface area contributed by atoms with Gasteiger partial charge in [-0.2, -0.15) is 0 Å². The van der Waals surface area contributed by atoms with Gasteiger partial charge in [-0.25, -0.2) is 0 Å². The second-order valence-electron chi connectivity index (χ2n) is 8.36. The highest BCUT2D eigenvalue weighted by Gasteiger charge is 2.45. The van der Waals surface area contributed by atoms with Gasteiger partial charge in [-0.05, 0) is 48.0 Å². The SMILES string of the molecule is O=C(C1=C(O)C(=O)N(Cc2ccncc2)C1c1c[nH]c2ccccc12)c1cc2cc(Br)ccc2o1. The van der Waals surface area contributed by atoms with Gasteiger partial charge >= 0.3 is 0 Å². The molecule has 0 radical (unpaired) electrons. The molecule has 1 aliphatic heterocycles. The molecule has 0 spiro atoms. The van der Waals surface area contributed by atoms with Gasteiger partial charge in [0.2, 0.25) is 5.78 Å². The zero-order valence-electron chi connectivity index (χ0n) is 18.2. The minimum absolute atomic E-state index is 0.00747. The molecule has 4 heterocycles. The molecule has 5 aromatic rings. The first-order chi connectivity index (χ1) is 17.0. The number of hydrogen-bond donors (Lipinski definition) is 2. The lowest BCUT2D eigenvalue weighted by molar-refractivity contribution is -0.130. The number of aromatic nitrogens is 2. The molecule has 172 valence electrons. The third-order valence-corrected chi connectivity index (χ3v) is 6.76. The van der Waals surface area contributed by atoms with Crippen LogP contribution in [0.15, 0.2) is 99.5 Å². The van der Waals surface area contributed by atoms with E-state index in [1.54, 1.807) is 42.9 Å². The van der Waals surface area contributed by atoms with Crippen molar-refractivity contribution in [2.24, 2.45) is 0 Å². The van der Waals surface area contributed by atoms with E-state index in [-0.39, 0.29) is 17.9 Å².